The zero-order chi connectivity index (χ0) is 34.8. The van der Waals surface area contributed by atoms with Crippen LogP contribution in [0.4, 0.5) is 13.2 Å². The van der Waals surface area contributed by atoms with E-state index in [1.807, 2.05) is 6.07 Å². The molecule has 14 nitrogen and oxygen atoms in total. The van der Waals surface area contributed by atoms with Crippen molar-refractivity contribution in [2.45, 2.75) is 54.7 Å². The van der Waals surface area contributed by atoms with E-state index in [2.05, 4.69) is 25.6 Å². The van der Waals surface area contributed by atoms with E-state index in [9.17, 15) is 27.9 Å². The number of aromatic nitrogens is 7. The second-order valence-electron chi connectivity index (χ2n) is 11.7. The van der Waals surface area contributed by atoms with Crippen LogP contribution < -0.4 is 0 Å². The molecule has 18 heteroatoms. The Balaban J connectivity index is 1.34. The number of nitrogens with zero attached hydrogens (tertiary/aromatic N) is 7. The summed E-state index contributed by atoms with van der Waals surface area (Å²) in [6.45, 7) is 2.63. The number of pyridine rings is 1. The number of halogens is 3. The Morgan fingerprint density at radius 3 is 2.39 bits per heavy atom. The maximum atomic E-state index is 14.0. The SMILES string of the molecule is CO[C@H]1C[SH]([C@@H]2COC[C@H](n3cc(-c4ccccn4)nn3)[C@H]2O)[C@H](COC(C)=O)[C@H](OC(C)=O)[C@H]1n1cc(-c2cc(F)c(F)c(F)c2)nn1. The minimum Gasteiger partial charge on any atom is -0.465 e. The van der Waals surface area contributed by atoms with Gasteiger partial charge in [-0.2, -0.15) is 0 Å². The number of thiol groups is 1. The van der Waals surface area contributed by atoms with Gasteiger partial charge in [0, 0.05) is 43.7 Å². The smallest absolute Gasteiger partial charge is 0.303 e. The van der Waals surface area contributed by atoms with Crippen LogP contribution >= 0.6 is 10.9 Å². The van der Waals surface area contributed by atoms with E-state index in [1.54, 1.807) is 29.2 Å². The Hall–Kier alpha value is -4.39. The maximum absolute atomic E-state index is 14.0. The van der Waals surface area contributed by atoms with Gasteiger partial charge < -0.3 is 24.1 Å². The Morgan fingerprint density at radius 2 is 1.71 bits per heavy atom. The Morgan fingerprint density at radius 1 is 1.00 bits per heavy atom. The van der Waals surface area contributed by atoms with Crippen molar-refractivity contribution in [1.29, 1.82) is 0 Å². The Labute approximate surface area is 280 Å². The van der Waals surface area contributed by atoms with E-state index >= 15 is 0 Å². The second-order valence-corrected chi connectivity index (χ2v) is 14.4. The summed E-state index contributed by atoms with van der Waals surface area (Å²) in [4.78, 5) is 29.0. The first-order valence-electron chi connectivity index (χ1n) is 15.3. The first kappa shape index (κ1) is 34.5. The number of carbonyl (C=O) groups is 2. The molecule has 0 amide bonds. The molecule has 0 aliphatic carbocycles. The van der Waals surface area contributed by atoms with E-state index in [0.717, 1.165) is 12.1 Å². The molecule has 4 aromatic rings. The highest BCUT2D eigenvalue weighted by Gasteiger charge is 2.52. The third kappa shape index (κ3) is 7.17. The number of methoxy groups -OCH3 is 1. The van der Waals surface area contributed by atoms with Crippen LogP contribution in [0.2, 0.25) is 0 Å². The zero-order valence-electron chi connectivity index (χ0n) is 26.6. The minimum atomic E-state index is -1.62. The van der Waals surface area contributed by atoms with Gasteiger partial charge in [0.05, 0.1) is 48.8 Å². The fourth-order valence-corrected chi connectivity index (χ4v) is 9.93. The van der Waals surface area contributed by atoms with E-state index in [-0.39, 0.29) is 31.1 Å². The summed E-state index contributed by atoms with van der Waals surface area (Å²) in [5.74, 6) is -5.29. The van der Waals surface area contributed by atoms with Crippen LogP contribution in [0.25, 0.3) is 22.6 Å². The molecule has 2 saturated heterocycles. The van der Waals surface area contributed by atoms with Crippen molar-refractivity contribution in [1.82, 2.24) is 35.0 Å². The molecule has 1 aromatic carbocycles. The number of aliphatic hydroxyl groups is 1. The van der Waals surface area contributed by atoms with E-state index in [1.165, 1.54) is 31.8 Å². The predicted octanol–water partition coefficient (Wildman–Crippen LogP) is 2.45. The number of hydrogen-bond acceptors (Lipinski definition) is 12. The van der Waals surface area contributed by atoms with E-state index in [0.29, 0.717) is 17.1 Å². The summed E-state index contributed by atoms with van der Waals surface area (Å²) in [5.41, 5.74) is 1.08. The summed E-state index contributed by atoms with van der Waals surface area (Å²) >= 11 is 0. The number of hydrogen-bond donors (Lipinski definition) is 2. The van der Waals surface area contributed by atoms with Gasteiger partial charge in [0.25, 0.3) is 0 Å². The molecule has 0 bridgehead atoms. The van der Waals surface area contributed by atoms with E-state index < -0.39 is 81.2 Å². The molecule has 6 rings (SSSR count). The molecule has 2 aliphatic heterocycles. The molecule has 49 heavy (non-hydrogen) atoms. The largest absolute Gasteiger partial charge is 0.465 e. The van der Waals surface area contributed by atoms with Crippen molar-refractivity contribution in [3.05, 3.63) is 66.4 Å². The van der Waals surface area contributed by atoms with Gasteiger partial charge in [-0.15, -0.1) is 10.2 Å². The number of aliphatic hydroxyl groups excluding tert-OH is 1. The van der Waals surface area contributed by atoms with Crippen LogP contribution in [0, 0.1) is 17.5 Å². The maximum Gasteiger partial charge on any atom is 0.303 e. The lowest BCUT2D eigenvalue weighted by Crippen LogP contribution is -2.57. The van der Waals surface area contributed by atoms with Crippen LogP contribution in [0.5, 0.6) is 0 Å². The number of benzene rings is 1. The molecule has 0 spiro atoms. The molecule has 5 heterocycles. The molecule has 0 radical (unpaired) electrons. The van der Waals surface area contributed by atoms with Crippen molar-refractivity contribution >= 4 is 22.8 Å². The van der Waals surface area contributed by atoms with Crippen LogP contribution in [-0.4, -0.2) is 114 Å². The number of esters is 2. The topological polar surface area (TPSA) is 166 Å². The van der Waals surface area contributed by atoms with Crippen LogP contribution in [0.15, 0.2) is 48.9 Å². The van der Waals surface area contributed by atoms with Crippen molar-refractivity contribution in [2.24, 2.45) is 0 Å². The number of ether oxygens (including phenoxy) is 4. The molecule has 2 aliphatic rings. The average Bonchev–Trinajstić information content (AvgIpc) is 3.77. The van der Waals surface area contributed by atoms with Crippen molar-refractivity contribution in [3.63, 3.8) is 0 Å². The molecule has 262 valence electrons. The highest BCUT2D eigenvalue weighted by Crippen LogP contribution is 2.52. The lowest BCUT2D eigenvalue weighted by molar-refractivity contribution is -0.154. The van der Waals surface area contributed by atoms with Gasteiger partial charge in [0.2, 0.25) is 0 Å². The molecule has 1 unspecified atom stereocenters. The van der Waals surface area contributed by atoms with Gasteiger partial charge in [-0.1, -0.05) is 16.5 Å². The van der Waals surface area contributed by atoms with Gasteiger partial charge in [-0.3, -0.25) is 14.6 Å². The molecule has 2 fully saturated rings. The van der Waals surface area contributed by atoms with Gasteiger partial charge >= 0.3 is 11.9 Å². The van der Waals surface area contributed by atoms with Crippen LogP contribution in [-0.2, 0) is 28.5 Å². The summed E-state index contributed by atoms with van der Waals surface area (Å²) in [6, 6.07) is 5.52. The highest BCUT2D eigenvalue weighted by molar-refractivity contribution is 8.18. The predicted molar refractivity (Wildman–Crippen MR) is 168 cm³/mol. The van der Waals surface area contributed by atoms with E-state index in [4.69, 9.17) is 18.9 Å². The number of carbonyl (C=O) groups excluding carboxylic acids is 2. The minimum absolute atomic E-state index is 0.0236. The van der Waals surface area contributed by atoms with Gasteiger partial charge in [0.1, 0.15) is 36.2 Å². The molecule has 0 saturated carbocycles. The lowest BCUT2D eigenvalue weighted by atomic mass is 10.0. The summed E-state index contributed by atoms with van der Waals surface area (Å²) < 4.78 is 68.0. The lowest BCUT2D eigenvalue weighted by Gasteiger charge is -2.52. The Bertz CT molecular complexity index is 1770. The van der Waals surface area contributed by atoms with Crippen molar-refractivity contribution < 1.29 is 46.8 Å². The first-order valence-corrected chi connectivity index (χ1v) is 17.0. The molecule has 1 N–H and O–H groups in total. The molecule has 8 atom stereocenters. The fraction of sp³-hybridized carbons (Fsp3) is 0.452. The zero-order valence-corrected chi connectivity index (χ0v) is 27.5. The molecular formula is C31H34F3N7O7S. The summed E-state index contributed by atoms with van der Waals surface area (Å²) in [5, 5.41) is 27.4. The summed E-state index contributed by atoms with van der Waals surface area (Å²) in [7, 11) is 0.0790. The van der Waals surface area contributed by atoms with Crippen LogP contribution in [0.1, 0.15) is 25.9 Å². The first-order chi connectivity index (χ1) is 23.5. The standard InChI is InChI=1S/C31H34F3N7O7S/c1-16(42)47-14-27-31(48-17(2)43)29(41-10-22(36-39-41)18-8-19(32)28(34)20(33)9-18)25(45-3)15-49(27)26-13-46-12-24(30(26)44)40-11-23(37-38-40)21-6-4-5-7-35-21/h4-11,24-27,29-31,44,49H,12-15H2,1-3H3/t24-,25-,26+,27+,29-,30+,31-/m0/s1. The van der Waals surface area contributed by atoms with Gasteiger partial charge in [-0.25, -0.2) is 33.4 Å². The van der Waals surface area contributed by atoms with Crippen molar-refractivity contribution in [3.8, 4) is 22.6 Å². The van der Waals surface area contributed by atoms with Crippen molar-refractivity contribution in [2.75, 3.05) is 32.7 Å². The second kappa shape index (κ2) is 14.6. The highest BCUT2D eigenvalue weighted by atomic mass is 32.2. The fourth-order valence-electron chi connectivity index (χ4n) is 6.34. The van der Waals surface area contributed by atoms with Gasteiger partial charge in [-0.05, 0) is 24.3 Å². The van der Waals surface area contributed by atoms with Gasteiger partial charge in [0.15, 0.2) is 17.5 Å². The monoisotopic (exact) mass is 705 g/mol. The third-order valence-electron chi connectivity index (χ3n) is 8.64. The van der Waals surface area contributed by atoms with Crippen LogP contribution in [0.3, 0.4) is 0 Å². The summed E-state index contributed by atoms with van der Waals surface area (Å²) in [6.07, 6.45) is 2.01. The third-order valence-corrected chi connectivity index (χ3v) is 12.0. The molecular weight excluding hydrogens is 671 g/mol. The number of rotatable bonds is 9. The molecule has 3 aromatic heterocycles. The quantitative estimate of drug-likeness (QED) is 0.149. The normalized spacial score (nSPS) is 27.8. The Kier molecular flexibility index (Phi) is 10.3. The average molecular weight is 706 g/mol.